The third-order valence-electron chi connectivity index (χ3n) is 3.05. The van der Waals surface area contributed by atoms with Gasteiger partial charge in [-0.1, -0.05) is 11.3 Å². The average Bonchev–Trinajstić information content (AvgIpc) is 3.03. The summed E-state index contributed by atoms with van der Waals surface area (Å²) in [6.07, 6.45) is 3.27. The van der Waals surface area contributed by atoms with Gasteiger partial charge < -0.3 is 4.74 Å². The number of rotatable bonds is 7. The van der Waals surface area contributed by atoms with E-state index in [4.69, 9.17) is 4.74 Å². The number of amides is 1. The molecule has 0 saturated carbocycles. The van der Waals surface area contributed by atoms with Crippen molar-refractivity contribution in [2.45, 2.75) is 4.21 Å². The van der Waals surface area contributed by atoms with Crippen LogP contribution in [0.15, 0.2) is 33.6 Å². The molecule has 0 unspecified atom stereocenters. The standard InChI is InChI=1S/C14H12N4O6S2/c1-24-14-9(5-12(25-2)26-14)7-15-16-13(19)8-3-10(17(20)21)6-11(4-8)18(22)23/h3-7H,1-2H3,(H,16,19). The molecule has 1 N–H and O–H groups in total. The number of benzene rings is 1. The topological polar surface area (TPSA) is 137 Å². The van der Waals surface area contributed by atoms with Crippen molar-refractivity contribution in [1.82, 2.24) is 5.43 Å². The Balaban J connectivity index is 2.21. The van der Waals surface area contributed by atoms with Gasteiger partial charge in [-0.2, -0.15) is 5.10 Å². The number of non-ortho nitro benzene ring substituents is 2. The number of thioether (sulfide) groups is 1. The normalized spacial score (nSPS) is 10.7. The van der Waals surface area contributed by atoms with Crippen molar-refractivity contribution in [2.75, 3.05) is 13.4 Å². The van der Waals surface area contributed by atoms with Crippen LogP contribution in [-0.4, -0.2) is 35.3 Å². The smallest absolute Gasteiger partial charge is 0.277 e. The first kappa shape index (κ1) is 19.3. The van der Waals surface area contributed by atoms with Gasteiger partial charge in [-0.25, -0.2) is 5.43 Å². The van der Waals surface area contributed by atoms with Crippen LogP contribution in [0.2, 0.25) is 0 Å². The van der Waals surface area contributed by atoms with Crippen molar-refractivity contribution in [3.05, 3.63) is 55.6 Å². The lowest BCUT2D eigenvalue weighted by Crippen LogP contribution is -2.18. The molecule has 0 bridgehead atoms. The second-order valence-electron chi connectivity index (χ2n) is 4.67. The van der Waals surface area contributed by atoms with Crippen LogP contribution in [0.5, 0.6) is 5.06 Å². The number of thiophene rings is 1. The van der Waals surface area contributed by atoms with Crippen molar-refractivity contribution in [2.24, 2.45) is 5.10 Å². The molecule has 10 nitrogen and oxygen atoms in total. The highest BCUT2D eigenvalue weighted by Gasteiger charge is 2.19. The zero-order valence-corrected chi connectivity index (χ0v) is 15.1. The van der Waals surface area contributed by atoms with Gasteiger partial charge in [0.2, 0.25) is 0 Å². The van der Waals surface area contributed by atoms with Crippen LogP contribution in [0.25, 0.3) is 0 Å². The fourth-order valence-electron chi connectivity index (χ4n) is 1.88. The summed E-state index contributed by atoms with van der Waals surface area (Å²) in [6.45, 7) is 0. The summed E-state index contributed by atoms with van der Waals surface area (Å²) in [5.74, 6) is -0.813. The highest BCUT2D eigenvalue weighted by atomic mass is 32.2. The summed E-state index contributed by atoms with van der Waals surface area (Å²) in [5, 5.41) is 26.1. The third kappa shape index (κ3) is 4.55. The Morgan fingerprint density at radius 3 is 2.35 bits per heavy atom. The number of carbonyl (C=O) groups is 1. The van der Waals surface area contributed by atoms with Gasteiger partial charge in [0.1, 0.15) is 0 Å². The minimum atomic E-state index is -0.813. The van der Waals surface area contributed by atoms with Gasteiger partial charge >= 0.3 is 0 Å². The molecule has 0 fully saturated rings. The number of nitrogens with zero attached hydrogens (tertiary/aromatic N) is 3. The molecule has 1 aromatic heterocycles. The molecule has 136 valence electrons. The Labute approximate surface area is 155 Å². The maximum atomic E-state index is 12.1. The summed E-state index contributed by atoms with van der Waals surface area (Å²) >= 11 is 2.94. The molecular formula is C14H12N4O6S2. The molecule has 1 amide bonds. The zero-order chi connectivity index (χ0) is 19.3. The van der Waals surface area contributed by atoms with Crippen molar-refractivity contribution in [3.8, 4) is 5.06 Å². The molecule has 12 heteroatoms. The Bertz CT molecular complexity index is 863. The molecule has 0 saturated heterocycles. The molecule has 26 heavy (non-hydrogen) atoms. The predicted molar refractivity (Wildman–Crippen MR) is 97.5 cm³/mol. The quantitative estimate of drug-likeness (QED) is 0.328. The lowest BCUT2D eigenvalue weighted by molar-refractivity contribution is -0.394. The molecule has 1 aromatic carbocycles. The molecular weight excluding hydrogens is 384 g/mol. The first-order valence-corrected chi connectivity index (χ1v) is 8.89. The zero-order valence-electron chi connectivity index (χ0n) is 13.5. The van der Waals surface area contributed by atoms with E-state index in [2.05, 4.69) is 10.5 Å². The Hall–Kier alpha value is -2.99. The Morgan fingerprint density at radius 1 is 1.23 bits per heavy atom. The highest BCUT2D eigenvalue weighted by Crippen LogP contribution is 2.34. The van der Waals surface area contributed by atoms with Crippen molar-refractivity contribution in [1.29, 1.82) is 0 Å². The summed E-state index contributed by atoms with van der Waals surface area (Å²) in [5.41, 5.74) is 1.47. The fraction of sp³-hybridized carbons (Fsp3) is 0.143. The molecule has 0 aliphatic carbocycles. The maximum absolute atomic E-state index is 12.1. The number of carbonyl (C=O) groups excluding carboxylic acids is 1. The highest BCUT2D eigenvalue weighted by molar-refractivity contribution is 8.00. The molecule has 0 spiro atoms. The van der Waals surface area contributed by atoms with Gasteiger partial charge in [0.05, 0.1) is 39.0 Å². The molecule has 0 aliphatic rings. The van der Waals surface area contributed by atoms with E-state index < -0.39 is 27.1 Å². The lowest BCUT2D eigenvalue weighted by Gasteiger charge is -2.01. The summed E-state index contributed by atoms with van der Waals surface area (Å²) in [7, 11) is 1.51. The van der Waals surface area contributed by atoms with Gasteiger partial charge in [-0.15, -0.1) is 11.8 Å². The largest absolute Gasteiger partial charge is 0.487 e. The van der Waals surface area contributed by atoms with Gasteiger partial charge in [-0.05, 0) is 12.3 Å². The lowest BCUT2D eigenvalue weighted by atomic mass is 10.1. The predicted octanol–water partition coefficient (Wildman–Crippen LogP) is 3.06. The number of nitrogens with one attached hydrogen (secondary N) is 1. The van der Waals surface area contributed by atoms with Crippen molar-refractivity contribution < 1.29 is 19.4 Å². The van der Waals surface area contributed by atoms with E-state index in [1.165, 1.54) is 36.4 Å². The first-order chi connectivity index (χ1) is 12.3. The van der Waals surface area contributed by atoms with E-state index in [9.17, 15) is 25.0 Å². The monoisotopic (exact) mass is 396 g/mol. The van der Waals surface area contributed by atoms with Gasteiger partial charge in [-0.3, -0.25) is 25.0 Å². The van der Waals surface area contributed by atoms with E-state index in [1.807, 2.05) is 12.3 Å². The molecule has 1 heterocycles. The van der Waals surface area contributed by atoms with Crippen molar-refractivity contribution >= 4 is 46.6 Å². The second-order valence-corrected chi connectivity index (χ2v) is 6.79. The molecule has 2 rings (SSSR count). The van der Waals surface area contributed by atoms with Crippen LogP contribution in [0.1, 0.15) is 15.9 Å². The molecule has 0 aliphatic heterocycles. The van der Waals surface area contributed by atoms with Crippen LogP contribution in [0.3, 0.4) is 0 Å². The minimum Gasteiger partial charge on any atom is -0.487 e. The van der Waals surface area contributed by atoms with E-state index >= 15 is 0 Å². The van der Waals surface area contributed by atoms with E-state index in [1.54, 1.807) is 0 Å². The number of hydrogen-bond acceptors (Lipinski definition) is 9. The first-order valence-electron chi connectivity index (χ1n) is 6.84. The van der Waals surface area contributed by atoms with Crippen LogP contribution >= 0.6 is 23.1 Å². The number of hydrogen-bond donors (Lipinski definition) is 1. The minimum absolute atomic E-state index is 0.245. The molecule has 0 radical (unpaired) electrons. The number of methoxy groups -OCH3 is 1. The maximum Gasteiger partial charge on any atom is 0.277 e. The van der Waals surface area contributed by atoms with Crippen LogP contribution in [0, 0.1) is 20.2 Å². The van der Waals surface area contributed by atoms with Gasteiger partial charge in [0.15, 0.2) is 5.06 Å². The van der Waals surface area contributed by atoms with E-state index in [0.717, 1.165) is 22.4 Å². The van der Waals surface area contributed by atoms with Gasteiger partial charge in [0.25, 0.3) is 17.3 Å². The van der Waals surface area contributed by atoms with Gasteiger partial charge in [0, 0.05) is 17.7 Å². The van der Waals surface area contributed by atoms with Crippen molar-refractivity contribution in [3.63, 3.8) is 0 Å². The Kier molecular flexibility index (Phi) is 6.25. The number of ether oxygens (including phenoxy) is 1. The molecule has 0 atom stereocenters. The summed E-state index contributed by atoms with van der Waals surface area (Å²) < 4.78 is 6.20. The van der Waals surface area contributed by atoms with Crippen LogP contribution < -0.4 is 10.2 Å². The van der Waals surface area contributed by atoms with E-state index in [-0.39, 0.29) is 5.56 Å². The second kappa shape index (κ2) is 8.40. The number of nitro groups is 2. The number of hydrazone groups is 1. The number of nitro benzene ring substituents is 2. The Morgan fingerprint density at radius 2 is 1.85 bits per heavy atom. The third-order valence-corrected chi connectivity index (χ3v) is 5.22. The van der Waals surface area contributed by atoms with E-state index in [0.29, 0.717) is 10.6 Å². The van der Waals surface area contributed by atoms with Crippen LogP contribution in [-0.2, 0) is 0 Å². The SMILES string of the molecule is COc1sc(SC)cc1C=NNC(=O)c1cc([N+](=O)[O-])cc([N+](=O)[O-])c1. The summed E-state index contributed by atoms with van der Waals surface area (Å²) in [6, 6.07) is 4.48. The fourth-order valence-corrected chi connectivity index (χ4v) is 3.36. The summed E-state index contributed by atoms with van der Waals surface area (Å²) in [4.78, 5) is 32.2. The van der Waals surface area contributed by atoms with Crippen LogP contribution in [0.4, 0.5) is 11.4 Å². The average molecular weight is 396 g/mol. The molecule has 2 aromatic rings.